The maximum Gasteiger partial charge on any atom is 0.226 e. The number of ether oxygens (including phenoxy) is 1. The number of aromatic nitrogens is 1. The Morgan fingerprint density at radius 2 is 2.04 bits per heavy atom. The first-order valence-corrected chi connectivity index (χ1v) is 10.7. The highest BCUT2D eigenvalue weighted by molar-refractivity contribution is 7.99. The second-order valence-corrected chi connectivity index (χ2v) is 8.55. The molecule has 0 saturated carbocycles. The molecule has 1 heterocycles. The lowest BCUT2D eigenvalue weighted by Gasteiger charge is -2.04. The van der Waals surface area contributed by atoms with Crippen molar-refractivity contribution in [2.24, 2.45) is 0 Å². The summed E-state index contributed by atoms with van der Waals surface area (Å²) in [7, 11) is 1.66. The zero-order valence-corrected chi connectivity index (χ0v) is 16.7. The van der Waals surface area contributed by atoms with Crippen molar-refractivity contribution in [3.63, 3.8) is 0 Å². The molecule has 0 fully saturated rings. The van der Waals surface area contributed by atoms with Gasteiger partial charge in [0.1, 0.15) is 5.75 Å². The van der Waals surface area contributed by atoms with Gasteiger partial charge in [-0.1, -0.05) is 24.3 Å². The molecule has 1 aromatic heterocycles. The largest absolute Gasteiger partial charge is 0.497 e. The van der Waals surface area contributed by atoms with E-state index in [-0.39, 0.29) is 5.91 Å². The number of rotatable bonds is 7. The third kappa shape index (κ3) is 4.17. The number of thioether (sulfide) groups is 1. The zero-order valence-electron chi connectivity index (χ0n) is 15.0. The quantitative estimate of drug-likeness (QED) is 0.343. The van der Waals surface area contributed by atoms with Gasteiger partial charge in [0.15, 0.2) is 5.13 Å². The average molecular weight is 397 g/mol. The van der Waals surface area contributed by atoms with E-state index in [2.05, 4.69) is 28.5 Å². The summed E-state index contributed by atoms with van der Waals surface area (Å²) in [5, 5.41) is 3.67. The summed E-state index contributed by atoms with van der Waals surface area (Å²) in [6, 6.07) is 16.3. The van der Waals surface area contributed by atoms with E-state index in [1.165, 1.54) is 20.9 Å². The molecule has 27 heavy (non-hydrogen) atoms. The monoisotopic (exact) mass is 396 g/mol. The number of nitrogens with one attached hydrogen (secondary N) is 1. The highest BCUT2D eigenvalue weighted by Crippen LogP contribution is 2.40. The Bertz CT molecular complexity index is 951. The van der Waals surface area contributed by atoms with Gasteiger partial charge >= 0.3 is 0 Å². The first kappa shape index (κ1) is 18.1. The van der Waals surface area contributed by atoms with Gasteiger partial charge in [0.05, 0.1) is 12.8 Å². The van der Waals surface area contributed by atoms with Crippen LogP contribution in [0.25, 0.3) is 11.3 Å². The second kappa shape index (κ2) is 8.15. The minimum Gasteiger partial charge on any atom is -0.497 e. The van der Waals surface area contributed by atoms with Crippen LogP contribution in [0.5, 0.6) is 5.75 Å². The normalized spacial score (nSPS) is 11.7. The highest BCUT2D eigenvalue weighted by Gasteiger charge is 2.23. The molecule has 0 unspecified atom stereocenters. The summed E-state index contributed by atoms with van der Waals surface area (Å²) in [4.78, 5) is 19.3. The Morgan fingerprint density at radius 3 is 2.85 bits per heavy atom. The second-order valence-electron chi connectivity index (χ2n) is 6.30. The van der Waals surface area contributed by atoms with Gasteiger partial charge in [-0.15, -0.1) is 23.1 Å². The number of amides is 1. The predicted molar refractivity (Wildman–Crippen MR) is 112 cm³/mol. The van der Waals surface area contributed by atoms with E-state index in [0.29, 0.717) is 11.6 Å². The Balaban J connectivity index is 1.25. The van der Waals surface area contributed by atoms with Crippen molar-refractivity contribution in [3.05, 3.63) is 59.0 Å². The number of methoxy groups -OCH3 is 1. The molecular formula is C21H20N2O2S2. The van der Waals surface area contributed by atoms with Crippen LogP contribution in [-0.4, -0.2) is 23.8 Å². The Morgan fingerprint density at radius 1 is 1.22 bits per heavy atom. The van der Waals surface area contributed by atoms with Crippen LogP contribution < -0.4 is 10.1 Å². The molecule has 2 aromatic carbocycles. The first-order valence-electron chi connectivity index (χ1n) is 8.87. The standard InChI is InChI=1S/C21H20N2O2S2/c1-25-15-8-10-16(11-9-15)26-12-4-7-19(24)22-21-23-20-17-6-3-2-5-14(17)13-18(20)27-21/h2-3,5-6,8-11H,4,7,12-13H2,1H3,(H,22,23,24). The van der Waals surface area contributed by atoms with Crippen LogP contribution in [0.2, 0.25) is 0 Å². The van der Waals surface area contributed by atoms with E-state index in [1.54, 1.807) is 30.2 Å². The summed E-state index contributed by atoms with van der Waals surface area (Å²) < 4.78 is 5.16. The smallest absolute Gasteiger partial charge is 0.226 e. The van der Waals surface area contributed by atoms with Crippen molar-refractivity contribution < 1.29 is 9.53 Å². The van der Waals surface area contributed by atoms with E-state index >= 15 is 0 Å². The minimum absolute atomic E-state index is 0.0334. The van der Waals surface area contributed by atoms with Crippen LogP contribution in [0.15, 0.2) is 53.4 Å². The Kier molecular flexibility index (Phi) is 5.45. The average Bonchev–Trinajstić information content (AvgIpc) is 3.23. The van der Waals surface area contributed by atoms with Gasteiger partial charge in [0.2, 0.25) is 5.91 Å². The van der Waals surface area contributed by atoms with Gasteiger partial charge in [-0.2, -0.15) is 0 Å². The van der Waals surface area contributed by atoms with Crippen LogP contribution in [0, 0.1) is 0 Å². The van der Waals surface area contributed by atoms with Crippen molar-refractivity contribution in [1.29, 1.82) is 0 Å². The molecule has 0 bridgehead atoms. The maximum absolute atomic E-state index is 12.2. The van der Waals surface area contributed by atoms with E-state index in [1.807, 2.05) is 30.3 Å². The fourth-order valence-corrected chi connectivity index (χ4v) is 4.96. The molecular weight excluding hydrogens is 376 g/mol. The zero-order chi connectivity index (χ0) is 18.6. The van der Waals surface area contributed by atoms with Gasteiger partial charge in [-0.05, 0) is 42.0 Å². The molecule has 3 aromatic rings. The van der Waals surface area contributed by atoms with E-state index < -0.39 is 0 Å². The predicted octanol–water partition coefficient (Wildman–Crippen LogP) is 5.23. The molecule has 1 amide bonds. The fraction of sp³-hybridized carbons (Fsp3) is 0.238. The molecule has 4 rings (SSSR count). The molecule has 1 aliphatic carbocycles. The lowest BCUT2D eigenvalue weighted by Crippen LogP contribution is -2.11. The third-order valence-electron chi connectivity index (χ3n) is 4.44. The summed E-state index contributed by atoms with van der Waals surface area (Å²) in [5.74, 6) is 1.80. The number of fused-ring (bicyclic) bond motifs is 3. The molecule has 0 radical (unpaired) electrons. The number of hydrogen-bond acceptors (Lipinski definition) is 5. The lowest BCUT2D eigenvalue weighted by atomic mass is 10.1. The topological polar surface area (TPSA) is 51.2 Å². The summed E-state index contributed by atoms with van der Waals surface area (Å²) >= 11 is 3.34. The number of carbonyl (C=O) groups is 1. The lowest BCUT2D eigenvalue weighted by molar-refractivity contribution is -0.116. The van der Waals surface area contributed by atoms with E-state index in [0.717, 1.165) is 30.0 Å². The first-order chi connectivity index (χ1) is 13.2. The van der Waals surface area contributed by atoms with Crippen LogP contribution in [-0.2, 0) is 11.2 Å². The molecule has 138 valence electrons. The number of carbonyl (C=O) groups excluding carboxylic acids is 1. The molecule has 0 spiro atoms. The van der Waals surface area contributed by atoms with Gasteiger partial charge < -0.3 is 10.1 Å². The number of anilines is 1. The van der Waals surface area contributed by atoms with Crippen LogP contribution in [0.3, 0.4) is 0 Å². The number of benzene rings is 2. The highest BCUT2D eigenvalue weighted by atomic mass is 32.2. The van der Waals surface area contributed by atoms with Crippen molar-refractivity contribution >= 4 is 34.1 Å². The Hall–Kier alpha value is -2.31. The molecule has 0 aliphatic heterocycles. The van der Waals surface area contributed by atoms with Crippen molar-refractivity contribution in [2.45, 2.75) is 24.2 Å². The van der Waals surface area contributed by atoms with Crippen LogP contribution in [0.1, 0.15) is 23.3 Å². The van der Waals surface area contributed by atoms with Crippen LogP contribution in [0.4, 0.5) is 5.13 Å². The SMILES string of the molecule is COc1ccc(SCCCC(=O)Nc2nc3c(s2)Cc2ccccc2-3)cc1. The summed E-state index contributed by atoms with van der Waals surface area (Å²) in [6.07, 6.45) is 2.25. The van der Waals surface area contributed by atoms with Crippen molar-refractivity contribution in [3.8, 4) is 17.0 Å². The molecule has 4 nitrogen and oxygen atoms in total. The summed E-state index contributed by atoms with van der Waals surface area (Å²) in [5.41, 5.74) is 3.54. The molecule has 1 aliphatic rings. The van der Waals surface area contributed by atoms with Crippen molar-refractivity contribution in [2.75, 3.05) is 18.2 Å². The van der Waals surface area contributed by atoms with Gasteiger partial charge in [0, 0.05) is 28.2 Å². The maximum atomic E-state index is 12.2. The number of nitrogens with zero attached hydrogens (tertiary/aromatic N) is 1. The molecule has 0 saturated heterocycles. The minimum atomic E-state index is 0.0334. The van der Waals surface area contributed by atoms with E-state index in [4.69, 9.17) is 4.74 Å². The Labute approximate surface area is 167 Å². The van der Waals surface area contributed by atoms with Gasteiger partial charge in [0.25, 0.3) is 0 Å². The molecule has 0 atom stereocenters. The van der Waals surface area contributed by atoms with Gasteiger partial charge in [-0.25, -0.2) is 4.98 Å². The summed E-state index contributed by atoms with van der Waals surface area (Å²) in [6.45, 7) is 0. The van der Waals surface area contributed by atoms with Crippen LogP contribution >= 0.6 is 23.1 Å². The molecule has 6 heteroatoms. The third-order valence-corrected chi connectivity index (χ3v) is 6.51. The number of thiazole rings is 1. The van der Waals surface area contributed by atoms with Gasteiger partial charge in [-0.3, -0.25) is 4.79 Å². The fourth-order valence-electron chi connectivity index (χ4n) is 3.09. The van der Waals surface area contributed by atoms with Crippen molar-refractivity contribution in [1.82, 2.24) is 4.98 Å². The number of hydrogen-bond donors (Lipinski definition) is 1. The van der Waals surface area contributed by atoms with E-state index in [9.17, 15) is 4.79 Å². The molecule has 1 N–H and O–H groups in total.